The Hall–Kier alpha value is -10.4. The van der Waals surface area contributed by atoms with Crippen LogP contribution in [-0.2, 0) is 0 Å². The second-order valence-corrected chi connectivity index (χ2v) is 18.7. The van der Waals surface area contributed by atoms with Crippen LogP contribution in [0.1, 0.15) is 0 Å². The van der Waals surface area contributed by atoms with Crippen molar-refractivity contribution in [2.24, 2.45) is 0 Å². The summed E-state index contributed by atoms with van der Waals surface area (Å²) in [5.41, 5.74) is 12.5. The number of aromatic nitrogens is 9. The summed E-state index contributed by atoms with van der Waals surface area (Å²) in [5.74, 6) is 3.38. The first-order valence-electron chi connectivity index (χ1n) is 25.1. The molecule has 9 nitrogen and oxygen atoms in total. The van der Waals surface area contributed by atoms with Crippen LogP contribution in [0.4, 0.5) is 0 Å². The first-order chi connectivity index (χ1) is 37.2. The number of para-hydroxylation sites is 6. The largest absolute Gasteiger partial charge is 0.309 e. The Bertz CT molecular complexity index is 4640. The van der Waals surface area contributed by atoms with Gasteiger partial charge in [-0.15, -0.1) is 0 Å². The molecule has 15 rings (SSSR count). The van der Waals surface area contributed by atoms with Crippen LogP contribution < -0.4 is 0 Å². The van der Waals surface area contributed by atoms with E-state index in [1.807, 2.05) is 78.9 Å². The molecule has 5 aromatic heterocycles. The molecule has 0 aliphatic rings. The molecule has 75 heavy (non-hydrogen) atoms. The molecular weight excluding hydrogens is 919 g/mol. The summed E-state index contributed by atoms with van der Waals surface area (Å²) in [6.07, 6.45) is 0. The molecule has 15 aromatic rings. The van der Waals surface area contributed by atoms with Crippen molar-refractivity contribution in [1.29, 1.82) is 0 Å². The van der Waals surface area contributed by atoms with Crippen LogP contribution in [0.3, 0.4) is 0 Å². The molecule has 0 atom stereocenters. The SMILES string of the molecule is c1ccc(-c2nc(-c3ccccc3)nc(-c3ccccc3-n3c4ccccc4c4ccc5c6ccccc6n(-c6nc(-c7ccccc7)nc(-c7cccc8c9ccccc9n(-c9ccccc9)c78)n6)c5c43)n2)cc1. The number of benzene rings is 10. The zero-order valence-electron chi connectivity index (χ0n) is 40.2. The van der Waals surface area contributed by atoms with E-state index in [1.54, 1.807) is 0 Å². The average Bonchev–Trinajstić information content (AvgIpc) is 4.24. The van der Waals surface area contributed by atoms with E-state index in [4.69, 9.17) is 29.9 Å². The van der Waals surface area contributed by atoms with E-state index < -0.39 is 0 Å². The highest BCUT2D eigenvalue weighted by Crippen LogP contribution is 2.44. The summed E-state index contributed by atoms with van der Waals surface area (Å²) in [7, 11) is 0. The highest BCUT2D eigenvalue weighted by atomic mass is 15.2. The van der Waals surface area contributed by atoms with Gasteiger partial charge >= 0.3 is 0 Å². The van der Waals surface area contributed by atoms with Crippen LogP contribution in [-0.4, -0.2) is 43.6 Å². The van der Waals surface area contributed by atoms with E-state index in [1.165, 1.54) is 0 Å². The second kappa shape index (κ2) is 17.1. The highest BCUT2D eigenvalue weighted by Gasteiger charge is 2.26. The van der Waals surface area contributed by atoms with Crippen LogP contribution >= 0.6 is 0 Å². The fraction of sp³-hybridized carbons (Fsp3) is 0. The fourth-order valence-electron chi connectivity index (χ4n) is 11.1. The van der Waals surface area contributed by atoms with E-state index in [2.05, 4.69) is 184 Å². The standard InChI is InChI=1S/C66H41N9/c1-5-22-42(23-6-1)61-67-62(43-24-7-2-8-25-43)69-64(68-61)52-33-16-20-39-57(52)74-55-37-18-14-31-47(55)50-40-41-51-48-32-15-19-38-56(48)75(60(51)59(50)74)66-71-63(44-26-9-3-10-27-44)70-65(72-66)53-35-21-34-49-46-30-13-17-36-54(46)73(58(49)53)45-28-11-4-12-29-45/h1-41H. The van der Waals surface area contributed by atoms with E-state index in [0.717, 1.165) is 105 Å². The summed E-state index contributed by atoms with van der Waals surface area (Å²) in [6, 6.07) is 86.2. The topological polar surface area (TPSA) is 92.1 Å². The van der Waals surface area contributed by atoms with Gasteiger partial charge in [-0.1, -0.05) is 200 Å². The molecule has 0 saturated heterocycles. The van der Waals surface area contributed by atoms with Gasteiger partial charge in [-0.25, -0.2) is 19.9 Å². The first-order valence-corrected chi connectivity index (χ1v) is 25.1. The average molecular weight is 960 g/mol. The third-order valence-electron chi connectivity index (χ3n) is 14.4. The van der Waals surface area contributed by atoms with E-state index in [0.29, 0.717) is 35.1 Å². The maximum atomic E-state index is 5.62. The van der Waals surface area contributed by atoms with Gasteiger partial charge < -0.3 is 9.13 Å². The monoisotopic (exact) mass is 959 g/mol. The Morgan fingerprint density at radius 1 is 0.227 bits per heavy atom. The Kier molecular flexibility index (Phi) is 9.67. The molecule has 5 heterocycles. The molecule has 0 unspecified atom stereocenters. The Morgan fingerprint density at radius 2 is 0.600 bits per heavy atom. The lowest BCUT2D eigenvalue weighted by Crippen LogP contribution is -2.08. The van der Waals surface area contributed by atoms with Gasteiger partial charge in [-0.2, -0.15) is 9.97 Å². The minimum Gasteiger partial charge on any atom is -0.309 e. The van der Waals surface area contributed by atoms with Gasteiger partial charge in [0, 0.05) is 65.8 Å². The Balaban J connectivity index is 1.05. The van der Waals surface area contributed by atoms with E-state index in [9.17, 15) is 0 Å². The van der Waals surface area contributed by atoms with Crippen molar-refractivity contribution in [2.75, 3.05) is 0 Å². The summed E-state index contributed by atoms with van der Waals surface area (Å²) >= 11 is 0. The van der Waals surface area contributed by atoms with Gasteiger partial charge in [0.1, 0.15) is 0 Å². The van der Waals surface area contributed by atoms with Gasteiger partial charge in [0.25, 0.3) is 0 Å². The van der Waals surface area contributed by atoms with Gasteiger partial charge in [-0.3, -0.25) is 4.57 Å². The Morgan fingerprint density at radius 3 is 1.17 bits per heavy atom. The zero-order chi connectivity index (χ0) is 49.4. The quantitative estimate of drug-likeness (QED) is 0.151. The molecule has 0 amide bonds. The zero-order valence-corrected chi connectivity index (χ0v) is 40.2. The van der Waals surface area contributed by atoms with Crippen LogP contribution in [0.25, 0.3) is 140 Å². The minimum absolute atomic E-state index is 0.500. The van der Waals surface area contributed by atoms with Crippen molar-refractivity contribution in [3.63, 3.8) is 0 Å². The fourth-order valence-corrected chi connectivity index (χ4v) is 11.1. The van der Waals surface area contributed by atoms with Crippen molar-refractivity contribution < 1.29 is 0 Å². The molecule has 0 fully saturated rings. The molecular formula is C66H41N9. The maximum Gasteiger partial charge on any atom is 0.238 e. The molecule has 0 aliphatic heterocycles. The lowest BCUT2D eigenvalue weighted by atomic mass is 10.1. The summed E-state index contributed by atoms with van der Waals surface area (Å²) in [4.78, 5) is 32.1. The summed E-state index contributed by atoms with van der Waals surface area (Å²) < 4.78 is 6.97. The molecule has 10 aromatic carbocycles. The van der Waals surface area contributed by atoms with Crippen molar-refractivity contribution in [3.8, 4) is 74.3 Å². The van der Waals surface area contributed by atoms with Crippen LogP contribution in [0.2, 0.25) is 0 Å². The maximum absolute atomic E-state index is 5.62. The number of hydrogen-bond acceptors (Lipinski definition) is 6. The van der Waals surface area contributed by atoms with Crippen molar-refractivity contribution in [2.45, 2.75) is 0 Å². The number of nitrogens with zero attached hydrogens (tertiary/aromatic N) is 9. The van der Waals surface area contributed by atoms with E-state index >= 15 is 0 Å². The molecule has 9 heteroatoms. The highest BCUT2D eigenvalue weighted by molar-refractivity contribution is 6.24. The van der Waals surface area contributed by atoms with Crippen LogP contribution in [0.5, 0.6) is 0 Å². The number of rotatable bonds is 8. The third-order valence-corrected chi connectivity index (χ3v) is 14.4. The van der Waals surface area contributed by atoms with Crippen molar-refractivity contribution >= 4 is 65.4 Å². The molecule has 0 radical (unpaired) electrons. The summed E-state index contributed by atoms with van der Waals surface area (Å²) in [5, 5.41) is 6.59. The predicted molar refractivity (Wildman–Crippen MR) is 303 cm³/mol. The molecule has 350 valence electrons. The van der Waals surface area contributed by atoms with Gasteiger partial charge in [0.2, 0.25) is 5.95 Å². The third kappa shape index (κ3) is 6.79. The lowest BCUT2D eigenvalue weighted by Gasteiger charge is -2.16. The molecule has 0 bridgehead atoms. The smallest absolute Gasteiger partial charge is 0.238 e. The predicted octanol–water partition coefficient (Wildman–Crippen LogP) is 15.7. The van der Waals surface area contributed by atoms with Gasteiger partial charge in [-0.05, 0) is 48.5 Å². The molecule has 0 aliphatic carbocycles. The number of fused-ring (bicyclic) bond motifs is 10. The normalized spacial score (nSPS) is 11.7. The first kappa shape index (κ1) is 42.3. The molecule has 0 saturated carbocycles. The Labute approximate surface area is 430 Å². The minimum atomic E-state index is 0.500. The lowest BCUT2D eigenvalue weighted by molar-refractivity contribution is 0.953. The van der Waals surface area contributed by atoms with Crippen molar-refractivity contribution in [1.82, 2.24) is 43.6 Å². The summed E-state index contributed by atoms with van der Waals surface area (Å²) in [6.45, 7) is 0. The van der Waals surface area contributed by atoms with Gasteiger partial charge in [0.05, 0.1) is 38.8 Å². The van der Waals surface area contributed by atoms with E-state index in [-0.39, 0.29) is 0 Å². The number of hydrogen-bond donors (Lipinski definition) is 0. The molecule has 0 N–H and O–H groups in total. The molecule has 0 spiro atoms. The van der Waals surface area contributed by atoms with Crippen molar-refractivity contribution in [3.05, 3.63) is 249 Å². The van der Waals surface area contributed by atoms with Crippen LogP contribution in [0.15, 0.2) is 249 Å². The van der Waals surface area contributed by atoms with Gasteiger partial charge in [0.15, 0.2) is 29.1 Å². The second-order valence-electron chi connectivity index (χ2n) is 18.7. The van der Waals surface area contributed by atoms with Crippen LogP contribution in [0, 0.1) is 0 Å².